The minimum Gasteiger partial charge on any atom is -0.469 e. The molecule has 0 aliphatic heterocycles. The van der Waals surface area contributed by atoms with E-state index in [1.807, 2.05) is 13.8 Å². The molecule has 0 radical (unpaired) electrons. The maximum Gasteiger partial charge on any atom is 0.392 e. The number of rotatable bonds is 8. The van der Waals surface area contributed by atoms with Crippen LogP contribution in [0.2, 0.25) is 10.0 Å². The summed E-state index contributed by atoms with van der Waals surface area (Å²) < 4.78 is 45.5. The van der Waals surface area contributed by atoms with Crippen molar-refractivity contribution in [2.24, 2.45) is 11.8 Å². The lowest BCUT2D eigenvalue weighted by Gasteiger charge is -2.26. The average Bonchev–Trinajstić information content (AvgIpc) is 2.74. The van der Waals surface area contributed by atoms with Crippen LogP contribution in [0.1, 0.15) is 50.2 Å². The maximum absolute atomic E-state index is 13.6. The van der Waals surface area contributed by atoms with Crippen LogP contribution < -0.4 is 5.32 Å². The maximum atomic E-state index is 13.6. The van der Waals surface area contributed by atoms with Gasteiger partial charge in [0.15, 0.2) is 0 Å². The van der Waals surface area contributed by atoms with Gasteiger partial charge in [-0.25, -0.2) is 0 Å². The van der Waals surface area contributed by atoms with Gasteiger partial charge in [-0.15, -0.1) is 0 Å². The van der Waals surface area contributed by atoms with Crippen LogP contribution in [0.5, 0.6) is 0 Å². The molecule has 0 fully saturated rings. The van der Waals surface area contributed by atoms with E-state index in [1.165, 1.54) is 31.4 Å². The first-order valence-corrected chi connectivity index (χ1v) is 11.1. The Morgan fingerprint density at radius 3 is 2.09 bits per heavy atom. The number of hydrogen-bond acceptors (Lipinski definition) is 3. The third-order valence-corrected chi connectivity index (χ3v) is 6.20. The van der Waals surface area contributed by atoms with E-state index in [1.54, 1.807) is 18.2 Å². The van der Waals surface area contributed by atoms with Gasteiger partial charge < -0.3 is 10.1 Å². The number of esters is 1. The minimum absolute atomic E-state index is 0.0564. The van der Waals surface area contributed by atoms with Crippen LogP contribution in [0, 0.1) is 11.8 Å². The van der Waals surface area contributed by atoms with Crippen molar-refractivity contribution >= 4 is 40.8 Å². The van der Waals surface area contributed by atoms with Crippen molar-refractivity contribution in [2.75, 3.05) is 12.4 Å². The quantitative estimate of drug-likeness (QED) is 0.387. The van der Waals surface area contributed by atoms with E-state index < -0.39 is 29.9 Å². The molecule has 2 aromatic carbocycles. The monoisotopic (exact) mass is 503 g/mol. The van der Waals surface area contributed by atoms with Gasteiger partial charge in [0.25, 0.3) is 0 Å². The first kappa shape index (κ1) is 27.0. The second kappa shape index (κ2) is 11.3. The molecule has 0 saturated carbocycles. The zero-order valence-electron chi connectivity index (χ0n) is 18.7. The van der Waals surface area contributed by atoms with Crippen molar-refractivity contribution in [1.82, 2.24) is 0 Å². The number of benzene rings is 2. The second-order valence-electron chi connectivity index (χ2n) is 8.22. The second-order valence-corrected chi connectivity index (χ2v) is 9.06. The molecule has 4 nitrogen and oxygen atoms in total. The van der Waals surface area contributed by atoms with Crippen molar-refractivity contribution in [3.63, 3.8) is 0 Å². The number of hydrogen-bond donors (Lipinski definition) is 1. The molecule has 0 aromatic heterocycles. The molecule has 0 bridgehead atoms. The summed E-state index contributed by atoms with van der Waals surface area (Å²) in [5.74, 6) is -4.89. The summed E-state index contributed by atoms with van der Waals surface area (Å²) in [6.07, 6.45) is -4.49. The Morgan fingerprint density at radius 2 is 1.58 bits per heavy atom. The topological polar surface area (TPSA) is 55.4 Å². The van der Waals surface area contributed by atoms with Crippen LogP contribution in [0.4, 0.5) is 18.9 Å². The average molecular weight is 504 g/mol. The number of methoxy groups -OCH3 is 1. The molecule has 33 heavy (non-hydrogen) atoms. The van der Waals surface area contributed by atoms with Gasteiger partial charge >= 0.3 is 12.1 Å². The Morgan fingerprint density at radius 1 is 1.00 bits per heavy atom. The Hall–Kier alpha value is -2.25. The number of carbonyl (C=O) groups excluding carboxylic acids is 2. The molecule has 0 heterocycles. The zero-order valence-corrected chi connectivity index (χ0v) is 20.2. The Labute approximate surface area is 201 Å². The first-order valence-electron chi connectivity index (χ1n) is 10.3. The molecular formula is C24H26Cl2F3NO3. The van der Waals surface area contributed by atoms with Gasteiger partial charge in [0.05, 0.1) is 36.1 Å². The minimum atomic E-state index is -4.60. The molecule has 3 atom stereocenters. The molecule has 2 rings (SSSR count). The number of nitrogens with one attached hydrogen (secondary N) is 1. The van der Waals surface area contributed by atoms with Crippen LogP contribution in [0.25, 0.3) is 0 Å². The van der Waals surface area contributed by atoms with E-state index in [0.29, 0.717) is 10.6 Å². The molecule has 0 aliphatic rings. The summed E-state index contributed by atoms with van der Waals surface area (Å²) in [5.41, 5.74) is 1.06. The smallest absolute Gasteiger partial charge is 0.392 e. The predicted molar refractivity (Wildman–Crippen MR) is 124 cm³/mol. The Balaban J connectivity index is 2.41. The van der Waals surface area contributed by atoms with Crippen molar-refractivity contribution < 1.29 is 27.5 Å². The highest BCUT2D eigenvalue weighted by atomic mass is 35.5. The van der Waals surface area contributed by atoms with E-state index in [9.17, 15) is 22.8 Å². The first-order chi connectivity index (χ1) is 15.3. The van der Waals surface area contributed by atoms with Crippen LogP contribution in [0.15, 0.2) is 42.5 Å². The lowest BCUT2D eigenvalue weighted by molar-refractivity contribution is -0.178. The van der Waals surface area contributed by atoms with Crippen LogP contribution >= 0.6 is 23.2 Å². The van der Waals surface area contributed by atoms with Crippen molar-refractivity contribution in [2.45, 2.75) is 45.2 Å². The van der Waals surface area contributed by atoms with Gasteiger partial charge in [0.2, 0.25) is 5.91 Å². The van der Waals surface area contributed by atoms with Gasteiger partial charge in [-0.05, 0) is 47.2 Å². The molecule has 1 N–H and O–H groups in total. The summed E-state index contributed by atoms with van der Waals surface area (Å²) in [5, 5.41) is 3.07. The Kier molecular flexibility index (Phi) is 9.20. The largest absolute Gasteiger partial charge is 0.469 e. The summed E-state index contributed by atoms with van der Waals surface area (Å²) in [4.78, 5) is 24.9. The lowest BCUT2D eigenvalue weighted by atomic mass is 9.85. The third kappa shape index (κ3) is 7.11. The number of ether oxygens (including phenoxy) is 1. The van der Waals surface area contributed by atoms with Gasteiger partial charge in [0.1, 0.15) is 0 Å². The number of alkyl halides is 3. The highest BCUT2D eigenvalue weighted by molar-refractivity contribution is 6.33. The Bertz CT molecular complexity index is 978. The van der Waals surface area contributed by atoms with Crippen molar-refractivity contribution in [1.29, 1.82) is 0 Å². The van der Waals surface area contributed by atoms with E-state index in [2.05, 4.69) is 5.32 Å². The fourth-order valence-corrected chi connectivity index (χ4v) is 3.90. The van der Waals surface area contributed by atoms with Crippen molar-refractivity contribution in [3.05, 3.63) is 63.6 Å². The summed E-state index contributed by atoms with van der Waals surface area (Å²) in [6.45, 7) is 4.83. The van der Waals surface area contributed by atoms with E-state index in [-0.39, 0.29) is 34.5 Å². The molecule has 0 spiro atoms. The van der Waals surface area contributed by atoms with Crippen molar-refractivity contribution in [3.8, 4) is 0 Å². The van der Waals surface area contributed by atoms with E-state index in [0.717, 1.165) is 6.92 Å². The van der Waals surface area contributed by atoms with E-state index >= 15 is 0 Å². The molecule has 0 aliphatic carbocycles. The molecule has 2 aromatic rings. The van der Waals surface area contributed by atoms with Crippen LogP contribution in [-0.2, 0) is 14.3 Å². The molecular weight excluding hydrogens is 478 g/mol. The molecule has 1 amide bonds. The number of halogens is 5. The van der Waals surface area contributed by atoms with Gasteiger partial charge in [0, 0.05) is 5.02 Å². The zero-order chi connectivity index (χ0) is 24.9. The predicted octanol–water partition coefficient (Wildman–Crippen LogP) is 7.22. The molecule has 180 valence electrons. The van der Waals surface area contributed by atoms with Crippen LogP contribution in [-0.4, -0.2) is 25.2 Å². The highest BCUT2D eigenvalue weighted by Gasteiger charge is 2.45. The summed E-state index contributed by atoms with van der Waals surface area (Å²) in [6, 6.07) is 10.5. The number of carbonyl (C=O) groups is 2. The van der Waals surface area contributed by atoms with Gasteiger partial charge in [-0.3, -0.25) is 9.59 Å². The number of anilines is 1. The standard InChI is InChI=1S/C24H26Cl2F3NO3/c1-13(2)18(12-21(31)33-4)16-7-10-19(26)20(11-16)30-23(32)22(14(3)24(27,28)29)15-5-8-17(25)9-6-15/h5-11,13-14,18,22H,12H2,1-4H3,(H,30,32). The molecule has 3 unspecified atom stereocenters. The SMILES string of the molecule is COC(=O)CC(c1ccc(Cl)c(NC(=O)C(c2ccc(Cl)cc2)C(C)C(F)(F)F)c1)C(C)C. The van der Waals surface area contributed by atoms with Gasteiger partial charge in [-0.1, -0.05) is 62.2 Å². The summed E-state index contributed by atoms with van der Waals surface area (Å²) in [7, 11) is 1.30. The molecule has 0 saturated heterocycles. The lowest BCUT2D eigenvalue weighted by Crippen LogP contribution is -2.34. The fourth-order valence-electron chi connectivity index (χ4n) is 3.61. The fraction of sp³-hybridized carbons (Fsp3) is 0.417. The number of amides is 1. The van der Waals surface area contributed by atoms with Gasteiger partial charge in [-0.2, -0.15) is 13.2 Å². The summed E-state index contributed by atoms with van der Waals surface area (Å²) >= 11 is 12.1. The highest BCUT2D eigenvalue weighted by Crippen LogP contribution is 2.39. The third-order valence-electron chi connectivity index (χ3n) is 5.62. The molecule has 9 heteroatoms. The van der Waals surface area contributed by atoms with Crippen LogP contribution in [0.3, 0.4) is 0 Å². The van der Waals surface area contributed by atoms with E-state index in [4.69, 9.17) is 27.9 Å². The normalized spacial score (nSPS) is 14.5.